The van der Waals surface area contributed by atoms with Crippen molar-refractivity contribution in [3.05, 3.63) is 33.1 Å². The number of rotatable bonds is 4. The zero-order valence-electron chi connectivity index (χ0n) is 15.4. The maximum absolute atomic E-state index is 11.7. The van der Waals surface area contributed by atoms with Crippen LogP contribution in [0, 0.1) is 19.8 Å². The van der Waals surface area contributed by atoms with Gasteiger partial charge in [-0.05, 0) is 45.1 Å². The predicted octanol–water partition coefficient (Wildman–Crippen LogP) is 2.67. The van der Waals surface area contributed by atoms with Gasteiger partial charge in [0.05, 0.1) is 5.39 Å². The summed E-state index contributed by atoms with van der Waals surface area (Å²) < 4.78 is 1.73. The maximum Gasteiger partial charge on any atom is 0.343 e. The number of nitrogens with zero attached hydrogens (tertiary/aromatic N) is 5. The molecule has 1 aliphatic rings. The Labute approximate surface area is 156 Å². The molecule has 26 heavy (non-hydrogen) atoms. The van der Waals surface area contributed by atoms with Crippen molar-refractivity contribution < 1.29 is 0 Å². The molecule has 0 atom stereocenters. The van der Waals surface area contributed by atoms with Gasteiger partial charge in [-0.15, -0.1) is 11.3 Å². The van der Waals surface area contributed by atoms with Gasteiger partial charge in [0.25, 0.3) is 0 Å². The number of aromatic amines is 1. The molecule has 0 aliphatic carbocycles. The Hall–Kier alpha value is -2.22. The number of hydrogen-bond donors (Lipinski definition) is 1. The van der Waals surface area contributed by atoms with Crippen molar-refractivity contribution in [1.82, 2.24) is 24.7 Å². The highest BCUT2D eigenvalue weighted by Crippen LogP contribution is 2.35. The Morgan fingerprint density at radius 1 is 1.27 bits per heavy atom. The van der Waals surface area contributed by atoms with E-state index in [1.807, 2.05) is 6.92 Å². The van der Waals surface area contributed by atoms with E-state index < -0.39 is 0 Å². The molecule has 0 unspecified atom stereocenters. The van der Waals surface area contributed by atoms with Gasteiger partial charge in [-0.3, -0.25) is 4.57 Å². The molecule has 0 amide bonds. The number of hydrogen-bond acceptors (Lipinski definition) is 6. The van der Waals surface area contributed by atoms with E-state index in [1.54, 1.807) is 22.2 Å². The molecule has 0 spiro atoms. The molecule has 0 bridgehead atoms. The lowest BCUT2D eigenvalue weighted by Gasteiger charge is -2.33. The molecule has 3 aromatic rings. The van der Waals surface area contributed by atoms with Gasteiger partial charge >= 0.3 is 5.69 Å². The van der Waals surface area contributed by atoms with Crippen LogP contribution in [0.5, 0.6) is 0 Å². The van der Waals surface area contributed by atoms with Crippen molar-refractivity contribution in [1.29, 1.82) is 0 Å². The van der Waals surface area contributed by atoms with Gasteiger partial charge in [0, 0.05) is 30.9 Å². The van der Waals surface area contributed by atoms with Gasteiger partial charge in [0.15, 0.2) is 0 Å². The molecule has 1 aliphatic heterocycles. The summed E-state index contributed by atoms with van der Waals surface area (Å²) >= 11 is 1.74. The quantitative estimate of drug-likeness (QED) is 0.762. The second kappa shape index (κ2) is 6.83. The van der Waals surface area contributed by atoms with E-state index in [1.165, 1.54) is 15.8 Å². The smallest absolute Gasteiger partial charge is 0.343 e. The van der Waals surface area contributed by atoms with Gasteiger partial charge < -0.3 is 4.90 Å². The van der Waals surface area contributed by atoms with Crippen LogP contribution in [0.15, 0.2) is 11.1 Å². The number of aromatic nitrogens is 5. The summed E-state index contributed by atoms with van der Waals surface area (Å²) in [7, 11) is 0. The minimum Gasteiger partial charge on any atom is -0.356 e. The number of thiophene rings is 1. The second-order valence-electron chi connectivity index (χ2n) is 6.98. The van der Waals surface area contributed by atoms with E-state index in [0.29, 0.717) is 12.5 Å². The standard InChI is InChI=1S/C18H24N6OS/c1-4-24-14(21-22-18(24)25)9-13-5-7-23(8-6-13)16-15-11(2)12(3)26-17(15)20-10-19-16/h10,13H,4-9H2,1-3H3,(H,22,25). The lowest BCUT2D eigenvalue weighted by molar-refractivity contribution is 0.390. The Bertz CT molecular complexity index is 979. The average Bonchev–Trinajstić information content (AvgIpc) is 3.15. The first-order valence-electron chi connectivity index (χ1n) is 9.18. The number of nitrogens with one attached hydrogen (secondary N) is 1. The zero-order chi connectivity index (χ0) is 18.3. The normalized spacial score (nSPS) is 15.9. The number of piperidine rings is 1. The Morgan fingerprint density at radius 3 is 2.77 bits per heavy atom. The molecule has 7 nitrogen and oxygen atoms in total. The van der Waals surface area contributed by atoms with Crippen molar-refractivity contribution in [2.24, 2.45) is 5.92 Å². The van der Waals surface area contributed by atoms with Crippen LogP contribution >= 0.6 is 11.3 Å². The summed E-state index contributed by atoms with van der Waals surface area (Å²) in [5.41, 5.74) is 1.19. The Morgan fingerprint density at radius 2 is 2.04 bits per heavy atom. The highest BCUT2D eigenvalue weighted by atomic mass is 32.1. The lowest BCUT2D eigenvalue weighted by atomic mass is 9.93. The fraction of sp³-hybridized carbons (Fsp3) is 0.556. The fourth-order valence-electron chi connectivity index (χ4n) is 3.84. The minimum atomic E-state index is -0.105. The average molecular weight is 372 g/mol. The van der Waals surface area contributed by atoms with Crippen molar-refractivity contribution in [2.45, 2.75) is 46.6 Å². The number of fused-ring (bicyclic) bond motifs is 1. The van der Waals surface area contributed by atoms with E-state index in [4.69, 9.17) is 0 Å². The number of H-pyrrole nitrogens is 1. The molecule has 4 rings (SSSR count). The number of anilines is 1. The predicted molar refractivity (Wildman–Crippen MR) is 104 cm³/mol. The first-order chi connectivity index (χ1) is 12.6. The lowest BCUT2D eigenvalue weighted by Crippen LogP contribution is -2.35. The zero-order valence-corrected chi connectivity index (χ0v) is 16.3. The molecular weight excluding hydrogens is 348 g/mol. The highest BCUT2D eigenvalue weighted by Gasteiger charge is 2.24. The third kappa shape index (κ3) is 2.92. The van der Waals surface area contributed by atoms with E-state index in [-0.39, 0.29) is 5.69 Å². The summed E-state index contributed by atoms with van der Waals surface area (Å²) in [6.45, 7) is 8.91. The van der Waals surface area contributed by atoms with Crippen LogP contribution in [0.2, 0.25) is 0 Å². The number of aryl methyl sites for hydroxylation is 2. The van der Waals surface area contributed by atoms with Crippen LogP contribution in [0.1, 0.15) is 36.0 Å². The molecule has 1 N–H and O–H groups in total. The largest absolute Gasteiger partial charge is 0.356 e. The van der Waals surface area contributed by atoms with Gasteiger partial charge in [-0.2, -0.15) is 5.10 Å². The summed E-state index contributed by atoms with van der Waals surface area (Å²) in [6.07, 6.45) is 4.70. The summed E-state index contributed by atoms with van der Waals surface area (Å²) in [4.78, 5) is 25.6. The van der Waals surface area contributed by atoms with Gasteiger partial charge in [0.2, 0.25) is 0 Å². The molecule has 4 heterocycles. The van der Waals surface area contributed by atoms with E-state index in [2.05, 4.69) is 38.9 Å². The Balaban J connectivity index is 1.50. The molecule has 1 saturated heterocycles. The van der Waals surface area contributed by atoms with Crippen LogP contribution in [0.4, 0.5) is 5.82 Å². The van der Waals surface area contributed by atoms with Crippen molar-refractivity contribution in [3.63, 3.8) is 0 Å². The van der Waals surface area contributed by atoms with E-state index >= 15 is 0 Å². The van der Waals surface area contributed by atoms with Crippen LogP contribution < -0.4 is 10.6 Å². The Kier molecular flexibility index (Phi) is 4.52. The van der Waals surface area contributed by atoms with Crippen LogP contribution in [0.25, 0.3) is 10.2 Å². The minimum absolute atomic E-state index is 0.105. The summed E-state index contributed by atoms with van der Waals surface area (Å²) in [6, 6.07) is 0. The maximum atomic E-state index is 11.7. The van der Waals surface area contributed by atoms with Gasteiger partial charge in [-0.25, -0.2) is 19.9 Å². The molecule has 138 valence electrons. The molecule has 3 aromatic heterocycles. The SMILES string of the molecule is CCn1c(CC2CCN(c3ncnc4sc(C)c(C)c34)CC2)n[nH]c1=O. The molecule has 0 saturated carbocycles. The van der Waals surface area contributed by atoms with Crippen molar-refractivity contribution in [3.8, 4) is 0 Å². The molecule has 1 fully saturated rings. The first-order valence-corrected chi connectivity index (χ1v) is 9.99. The monoisotopic (exact) mass is 372 g/mol. The third-order valence-electron chi connectivity index (χ3n) is 5.48. The second-order valence-corrected chi connectivity index (χ2v) is 8.19. The van der Waals surface area contributed by atoms with Crippen LogP contribution in [-0.2, 0) is 13.0 Å². The molecule has 8 heteroatoms. The molecule has 0 aromatic carbocycles. The first kappa shape index (κ1) is 17.2. The highest BCUT2D eigenvalue weighted by molar-refractivity contribution is 7.18. The summed E-state index contributed by atoms with van der Waals surface area (Å²) in [5, 5.41) is 7.99. The van der Waals surface area contributed by atoms with Crippen molar-refractivity contribution in [2.75, 3.05) is 18.0 Å². The fourth-order valence-corrected chi connectivity index (χ4v) is 4.83. The van der Waals surface area contributed by atoms with Crippen LogP contribution in [0.3, 0.4) is 0 Å². The van der Waals surface area contributed by atoms with Gasteiger partial charge in [0.1, 0.15) is 22.8 Å². The topological polar surface area (TPSA) is 79.7 Å². The molecular formula is C18H24N6OS. The summed E-state index contributed by atoms with van der Waals surface area (Å²) in [5.74, 6) is 2.50. The van der Waals surface area contributed by atoms with Crippen LogP contribution in [-0.4, -0.2) is 37.8 Å². The van der Waals surface area contributed by atoms with E-state index in [0.717, 1.165) is 48.8 Å². The third-order valence-corrected chi connectivity index (χ3v) is 6.60. The van der Waals surface area contributed by atoms with Crippen molar-refractivity contribution >= 4 is 27.4 Å². The molecule has 0 radical (unpaired) electrons. The van der Waals surface area contributed by atoms with E-state index in [9.17, 15) is 4.79 Å². The van der Waals surface area contributed by atoms with Gasteiger partial charge in [-0.1, -0.05) is 0 Å².